The molecule has 0 fully saturated rings. The maximum atomic E-state index is 5.36. The van der Waals surface area contributed by atoms with Crippen LogP contribution in [0.1, 0.15) is 32.3 Å². The van der Waals surface area contributed by atoms with Crippen molar-refractivity contribution < 1.29 is 9.47 Å². The first-order valence-corrected chi connectivity index (χ1v) is 6.41. The Bertz CT molecular complexity index is 365. The Morgan fingerprint density at radius 2 is 2.12 bits per heavy atom. The summed E-state index contributed by atoms with van der Waals surface area (Å²) in [7, 11) is 0. The fourth-order valence-electron chi connectivity index (χ4n) is 2.09. The molecule has 1 aliphatic heterocycles. The Balaban J connectivity index is 1.79. The largest absolute Gasteiger partial charge is 0.454 e. The smallest absolute Gasteiger partial charge is 0.231 e. The first kappa shape index (κ1) is 12.2. The second-order valence-corrected chi connectivity index (χ2v) is 4.58. The molecular formula is C14H21NO2. The Hall–Kier alpha value is -1.22. The fourth-order valence-corrected chi connectivity index (χ4v) is 2.09. The molecule has 0 bridgehead atoms. The van der Waals surface area contributed by atoms with Crippen LogP contribution in [0.2, 0.25) is 0 Å². The van der Waals surface area contributed by atoms with Crippen molar-refractivity contribution in [3.63, 3.8) is 0 Å². The molecule has 1 heterocycles. The van der Waals surface area contributed by atoms with Gasteiger partial charge in [0, 0.05) is 6.04 Å². The number of rotatable bonds is 6. The summed E-state index contributed by atoms with van der Waals surface area (Å²) in [5.41, 5.74) is 1.30. The molecule has 0 saturated carbocycles. The molecule has 0 amide bonds. The van der Waals surface area contributed by atoms with Crippen molar-refractivity contribution in [2.24, 2.45) is 0 Å². The Labute approximate surface area is 103 Å². The van der Waals surface area contributed by atoms with Crippen LogP contribution in [-0.4, -0.2) is 19.4 Å². The summed E-state index contributed by atoms with van der Waals surface area (Å²) in [5.74, 6) is 1.74. The van der Waals surface area contributed by atoms with Gasteiger partial charge in [0.15, 0.2) is 11.5 Å². The molecule has 3 nitrogen and oxygen atoms in total. The van der Waals surface area contributed by atoms with E-state index >= 15 is 0 Å². The van der Waals surface area contributed by atoms with Crippen molar-refractivity contribution in [3.8, 4) is 11.5 Å². The molecule has 1 aliphatic rings. The molecule has 0 radical (unpaired) electrons. The zero-order chi connectivity index (χ0) is 12.1. The molecule has 94 valence electrons. The van der Waals surface area contributed by atoms with Crippen LogP contribution < -0.4 is 14.8 Å². The number of hydrogen-bond acceptors (Lipinski definition) is 3. The van der Waals surface area contributed by atoms with Gasteiger partial charge in [-0.2, -0.15) is 0 Å². The highest BCUT2D eigenvalue weighted by molar-refractivity contribution is 5.44. The van der Waals surface area contributed by atoms with Crippen molar-refractivity contribution in [2.45, 2.75) is 39.2 Å². The first-order chi connectivity index (χ1) is 8.29. The highest BCUT2D eigenvalue weighted by Gasteiger charge is 2.12. The summed E-state index contributed by atoms with van der Waals surface area (Å²) in [6.07, 6.45) is 3.50. The van der Waals surface area contributed by atoms with Gasteiger partial charge < -0.3 is 14.8 Å². The minimum absolute atomic E-state index is 0.352. The van der Waals surface area contributed by atoms with Crippen LogP contribution in [0, 0.1) is 0 Å². The van der Waals surface area contributed by atoms with Gasteiger partial charge in [-0.05, 0) is 44.0 Å². The highest BCUT2D eigenvalue weighted by Crippen LogP contribution is 2.32. The van der Waals surface area contributed by atoms with E-state index in [0.29, 0.717) is 12.8 Å². The molecule has 1 N–H and O–H groups in total. The maximum Gasteiger partial charge on any atom is 0.231 e. The molecule has 0 aromatic heterocycles. The van der Waals surface area contributed by atoms with Gasteiger partial charge >= 0.3 is 0 Å². The molecular weight excluding hydrogens is 214 g/mol. The Morgan fingerprint density at radius 1 is 1.29 bits per heavy atom. The van der Waals surface area contributed by atoms with Gasteiger partial charge in [-0.25, -0.2) is 0 Å². The van der Waals surface area contributed by atoms with Gasteiger partial charge in [-0.3, -0.25) is 0 Å². The number of fused-ring (bicyclic) bond motifs is 1. The Morgan fingerprint density at radius 3 is 2.94 bits per heavy atom. The van der Waals surface area contributed by atoms with Gasteiger partial charge in [0.2, 0.25) is 6.79 Å². The molecule has 1 unspecified atom stereocenters. The lowest BCUT2D eigenvalue weighted by molar-refractivity contribution is 0.174. The number of hydrogen-bond donors (Lipinski definition) is 1. The third kappa shape index (κ3) is 3.37. The topological polar surface area (TPSA) is 30.5 Å². The predicted molar refractivity (Wildman–Crippen MR) is 68.6 cm³/mol. The quantitative estimate of drug-likeness (QED) is 0.822. The molecule has 1 aromatic rings. The number of nitrogens with one attached hydrogen (secondary N) is 1. The summed E-state index contributed by atoms with van der Waals surface area (Å²) in [6.45, 7) is 5.82. The van der Waals surface area contributed by atoms with E-state index in [0.717, 1.165) is 24.5 Å². The van der Waals surface area contributed by atoms with Gasteiger partial charge in [-0.1, -0.05) is 19.4 Å². The molecule has 1 atom stereocenters. The number of ether oxygens (including phenoxy) is 2. The molecule has 2 rings (SSSR count). The minimum Gasteiger partial charge on any atom is -0.454 e. The van der Waals surface area contributed by atoms with Crippen LogP contribution >= 0.6 is 0 Å². The standard InChI is InChI=1S/C14H21NO2/c1-3-4-11(2)15-8-7-12-5-6-13-14(9-12)17-10-16-13/h5-6,9,11,15H,3-4,7-8,10H2,1-2H3. The SMILES string of the molecule is CCCC(C)NCCc1ccc2c(c1)OCO2. The van der Waals surface area contributed by atoms with Crippen LogP contribution in [0.15, 0.2) is 18.2 Å². The zero-order valence-electron chi connectivity index (χ0n) is 10.7. The molecule has 17 heavy (non-hydrogen) atoms. The van der Waals surface area contributed by atoms with Crippen molar-refractivity contribution in [3.05, 3.63) is 23.8 Å². The van der Waals surface area contributed by atoms with Crippen molar-refractivity contribution in [2.75, 3.05) is 13.3 Å². The highest BCUT2D eigenvalue weighted by atomic mass is 16.7. The van der Waals surface area contributed by atoms with E-state index < -0.39 is 0 Å². The van der Waals surface area contributed by atoms with Crippen LogP contribution in [0.25, 0.3) is 0 Å². The van der Waals surface area contributed by atoms with E-state index in [4.69, 9.17) is 9.47 Å². The third-order valence-electron chi connectivity index (χ3n) is 3.07. The lowest BCUT2D eigenvalue weighted by atomic mass is 10.1. The summed E-state index contributed by atoms with van der Waals surface area (Å²) >= 11 is 0. The molecule has 3 heteroatoms. The number of benzene rings is 1. The van der Waals surface area contributed by atoms with Crippen LogP contribution in [0.4, 0.5) is 0 Å². The summed E-state index contributed by atoms with van der Waals surface area (Å²) in [6, 6.07) is 6.79. The average molecular weight is 235 g/mol. The normalized spacial score (nSPS) is 14.9. The molecule has 0 spiro atoms. The molecule has 0 saturated heterocycles. The average Bonchev–Trinajstić information content (AvgIpc) is 2.76. The fraction of sp³-hybridized carbons (Fsp3) is 0.571. The maximum absolute atomic E-state index is 5.36. The van der Waals surface area contributed by atoms with Crippen LogP contribution in [-0.2, 0) is 6.42 Å². The van der Waals surface area contributed by atoms with Crippen molar-refractivity contribution in [1.29, 1.82) is 0 Å². The van der Waals surface area contributed by atoms with Gasteiger partial charge in [0.05, 0.1) is 0 Å². The second-order valence-electron chi connectivity index (χ2n) is 4.58. The lowest BCUT2D eigenvalue weighted by Gasteiger charge is -2.12. The zero-order valence-corrected chi connectivity index (χ0v) is 10.7. The lowest BCUT2D eigenvalue weighted by Crippen LogP contribution is -2.27. The van der Waals surface area contributed by atoms with Gasteiger partial charge in [0.1, 0.15) is 0 Å². The summed E-state index contributed by atoms with van der Waals surface area (Å²) in [5, 5.41) is 3.53. The molecule has 1 aromatic carbocycles. The third-order valence-corrected chi connectivity index (χ3v) is 3.07. The van der Waals surface area contributed by atoms with E-state index in [-0.39, 0.29) is 0 Å². The summed E-state index contributed by atoms with van der Waals surface area (Å²) in [4.78, 5) is 0. The molecule has 0 aliphatic carbocycles. The van der Waals surface area contributed by atoms with Crippen LogP contribution in [0.5, 0.6) is 11.5 Å². The monoisotopic (exact) mass is 235 g/mol. The van der Waals surface area contributed by atoms with Gasteiger partial charge in [-0.15, -0.1) is 0 Å². The van der Waals surface area contributed by atoms with E-state index in [2.05, 4.69) is 31.3 Å². The summed E-state index contributed by atoms with van der Waals surface area (Å²) < 4.78 is 10.7. The predicted octanol–water partition coefficient (Wildman–Crippen LogP) is 2.74. The van der Waals surface area contributed by atoms with E-state index in [1.54, 1.807) is 0 Å². The Kier molecular flexibility index (Phi) is 4.26. The van der Waals surface area contributed by atoms with E-state index in [9.17, 15) is 0 Å². The second kappa shape index (κ2) is 5.92. The van der Waals surface area contributed by atoms with Gasteiger partial charge in [0.25, 0.3) is 0 Å². The van der Waals surface area contributed by atoms with E-state index in [1.165, 1.54) is 18.4 Å². The van der Waals surface area contributed by atoms with Crippen molar-refractivity contribution in [1.82, 2.24) is 5.32 Å². The minimum atomic E-state index is 0.352. The first-order valence-electron chi connectivity index (χ1n) is 6.41. The van der Waals surface area contributed by atoms with E-state index in [1.807, 2.05) is 6.07 Å². The van der Waals surface area contributed by atoms with Crippen LogP contribution in [0.3, 0.4) is 0 Å². The van der Waals surface area contributed by atoms with Crippen molar-refractivity contribution >= 4 is 0 Å².